The van der Waals surface area contributed by atoms with E-state index in [1.54, 1.807) is 12.1 Å². The second-order valence-corrected chi connectivity index (χ2v) is 38.6. The Labute approximate surface area is 565 Å². The molecule has 0 atom stereocenters. The Morgan fingerprint density at radius 3 is 1.44 bits per heavy atom. The van der Waals surface area contributed by atoms with Crippen LogP contribution in [0.25, 0.3) is 44.1 Å². The summed E-state index contributed by atoms with van der Waals surface area (Å²) in [5.41, 5.74) is 16.3. The van der Waals surface area contributed by atoms with Crippen LogP contribution in [0, 0.1) is 60.3 Å². The number of aryl methyl sites for hydroxylation is 2. The zero-order valence-corrected chi connectivity index (χ0v) is 60.2. The predicted octanol–water partition coefficient (Wildman–Crippen LogP) is 20.5. The molecule has 6 aromatic carbocycles. The number of amides is 2. The number of rotatable bonds is 27. The van der Waals surface area contributed by atoms with Gasteiger partial charge in [-0.2, -0.15) is 10.5 Å². The molecular formula is C76H98F4N12O2Sn. The summed E-state index contributed by atoms with van der Waals surface area (Å²) in [6.45, 7) is 20.6. The standard InChI is InChI=1S/C32H36F2N6O.C32H35F2N3O.3C4H9.N3.Sn/c1-20(2)19-40(24-7-5-4-6-8-24)30-18-28(34)27(26-16-23(33)13-14-25(26)32-36-38-39-37-32)17-29(30)35-31(41)15-22-11-9-21(3)10-12-22;1-21(2)20-37(26-7-5-4-6-8-26)31-18-29(34)28(27-16-25(33)14-13-24(27)19-35)17-30(31)36-32(38)15-23-11-9-22(3)10-12-23;3*1-3-4-2;1-3-2;/h9-14,16-18,20,24H,4-8,15,19H2,1-3H3,(H,35,41)(H,36,37,38,39);9-14,16-18,21,26H,4-8,15,20H2,1-3H3,(H,36,38);3*1,3-4H2,2H3;;/q;;;;;-1;+1. The third-order valence-electron chi connectivity index (χ3n) is 18.0. The molecule has 14 nitrogen and oxygen atoms in total. The number of tetrazole rings is 1. The second kappa shape index (κ2) is 37.5. The number of azide groups is 1. The first-order valence-electron chi connectivity index (χ1n) is 34.5. The van der Waals surface area contributed by atoms with Gasteiger partial charge in [0.05, 0.1) is 47.2 Å². The Kier molecular flexibility index (Phi) is 29.5. The number of anilines is 4. The molecule has 0 bridgehead atoms. The summed E-state index contributed by atoms with van der Waals surface area (Å²) in [5.74, 6) is -1.72. The summed E-state index contributed by atoms with van der Waals surface area (Å²) >= 11 is -2.45. The maximum Gasteiger partial charge on any atom is 0.228 e. The molecule has 506 valence electrons. The van der Waals surface area contributed by atoms with Gasteiger partial charge in [0.25, 0.3) is 0 Å². The van der Waals surface area contributed by atoms with Crippen molar-refractivity contribution >= 4 is 53.2 Å². The van der Waals surface area contributed by atoms with E-state index in [-0.39, 0.29) is 70.4 Å². The van der Waals surface area contributed by atoms with Crippen molar-refractivity contribution in [1.29, 1.82) is 5.26 Å². The topological polar surface area (TPSA) is 192 Å². The summed E-state index contributed by atoms with van der Waals surface area (Å²) in [7, 11) is 0. The number of aromatic nitrogens is 4. The molecule has 2 aliphatic carbocycles. The number of nitriles is 1. The predicted molar refractivity (Wildman–Crippen MR) is 381 cm³/mol. The minimum atomic E-state index is -2.45. The summed E-state index contributed by atoms with van der Waals surface area (Å²) in [4.78, 5) is 34.2. The van der Waals surface area contributed by atoms with Crippen LogP contribution in [0.5, 0.6) is 0 Å². The van der Waals surface area contributed by atoms with Crippen molar-refractivity contribution in [3.05, 3.63) is 171 Å². The van der Waals surface area contributed by atoms with E-state index >= 15 is 8.78 Å². The first kappa shape index (κ1) is 74.6. The van der Waals surface area contributed by atoms with E-state index < -0.39 is 41.9 Å². The second-order valence-electron chi connectivity index (χ2n) is 26.7. The van der Waals surface area contributed by atoms with Crippen LogP contribution in [-0.2, 0) is 22.4 Å². The third kappa shape index (κ3) is 22.1. The van der Waals surface area contributed by atoms with E-state index in [2.05, 4.69) is 97.8 Å². The largest absolute Gasteiger partial charge is 0.367 e. The van der Waals surface area contributed by atoms with Gasteiger partial charge in [0.2, 0.25) is 17.6 Å². The molecule has 2 amide bonds. The van der Waals surface area contributed by atoms with Gasteiger partial charge < -0.3 is 20.4 Å². The molecule has 0 radical (unpaired) electrons. The molecule has 2 fully saturated rings. The molecule has 19 heteroatoms. The van der Waals surface area contributed by atoms with Gasteiger partial charge in [-0.1, -0.05) is 126 Å². The van der Waals surface area contributed by atoms with Gasteiger partial charge in [0, 0.05) is 47.4 Å². The number of carbonyl (C=O) groups is 2. The van der Waals surface area contributed by atoms with Gasteiger partial charge in [0.15, 0.2) is 0 Å². The van der Waals surface area contributed by atoms with Crippen molar-refractivity contribution in [2.75, 3.05) is 33.5 Å². The van der Waals surface area contributed by atoms with Crippen molar-refractivity contribution in [1.82, 2.24) is 20.6 Å². The minimum Gasteiger partial charge on any atom is -0.367 e. The fraction of sp³-hybridized carbons (Fsp3) is 0.474. The van der Waals surface area contributed by atoms with E-state index in [9.17, 15) is 23.6 Å². The Morgan fingerprint density at radius 1 is 0.611 bits per heavy atom. The van der Waals surface area contributed by atoms with E-state index in [0.29, 0.717) is 46.7 Å². The molecule has 2 aliphatic rings. The van der Waals surface area contributed by atoms with E-state index in [1.807, 2.05) is 68.4 Å². The molecule has 1 heterocycles. The normalized spacial score (nSPS) is 13.4. The molecule has 1 aromatic heterocycles. The molecule has 0 spiro atoms. The smallest absolute Gasteiger partial charge is 0.228 e. The van der Waals surface area contributed by atoms with Crippen LogP contribution in [0.3, 0.4) is 0 Å². The van der Waals surface area contributed by atoms with Gasteiger partial charge in [-0.15, -0.1) is 10.2 Å². The molecule has 7 aromatic rings. The van der Waals surface area contributed by atoms with Gasteiger partial charge >= 0.3 is 105 Å². The van der Waals surface area contributed by atoms with Crippen molar-refractivity contribution < 1.29 is 27.2 Å². The van der Waals surface area contributed by atoms with Crippen LogP contribution in [0.15, 0.2) is 113 Å². The van der Waals surface area contributed by atoms with Crippen LogP contribution >= 0.6 is 0 Å². The molecule has 95 heavy (non-hydrogen) atoms. The number of nitrogens with one attached hydrogen (secondary N) is 3. The molecule has 9 rings (SSSR count). The molecule has 2 saturated carbocycles. The van der Waals surface area contributed by atoms with Crippen LogP contribution in [-0.4, -0.2) is 76.3 Å². The molecular weight excluding hydrogens is 1310 g/mol. The molecule has 0 unspecified atom stereocenters. The van der Waals surface area contributed by atoms with Crippen molar-refractivity contribution in [3.8, 4) is 39.7 Å². The summed E-state index contributed by atoms with van der Waals surface area (Å²) in [5, 5.41) is 29.8. The number of nitrogens with zero attached hydrogens (tertiary/aromatic N) is 9. The zero-order chi connectivity index (χ0) is 68.4. The first-order chi connectivity index (χ1) is 45.8. The Bertz CT molecular complexity index is 3650. The van der Waals surface area contributed by atoms with Crippen LogP contribution < -0.4 is 20.4 Å². The van der Waals surface area contributed by atoms with Gasteiger partial charge in [-0.3, -0.25) is 9.59 Å². The molecule has 0 aliphatic heterocycles. The maximum absolute atomic E-state index is 16.1. The quantitative estimate of drug-likeness (QED) is 0.0149. The van der Waals surface area contributed by atoms with Crippen LogP contribution in [0.2, 0.25) is 13.3 Å². The monoisotopic (exact) mass is 1410 g/mol. The van der Waals surface area contributed by atoms with Gasteiger partial charge in [-0.25, -0.2) is 17.6 Å². The van der Waals surface area contributed by atoms with E-state index in [0.717, 1.165) is 80.2 Å². The van der Waals surface area contributed by atoms with Gasteiger partial charge in [0.1, 0.15) is 23.3 Å². The number of hydrogen-bond donors (Lipinski definition) is 3. The first-order valence-corrected chi connectivity index (χ1v) is 41.8. The SMILES string of the molecule is CCC[CH2][Sn]([CH2]CCC)([CH2]CCC)[N]=[N+]=[N-].Cc1ccc(CC(=O)Nc2cc(-c3cc(F)ccc3-c3nn[nH]n3)c(F)cc2N(CC(C)C)C2CCCCC2)cc1.Cc1ccc(CC(=O)Nc2cc(-c3cc(F)ccc3C#N)c(F)cc2N(CC(C)C)C2CCCCC2)cc1. The Balaban J connectivity index is 0.000000220. The summed E-state index contributed by atoms with van der Waals surface area (Å²) in [6, 6.07) is 31.9. The average Bonchev–Trinajstić information content (AvgIpc) is 1.49. The Morgan fingerprint density at radius 2 is 1.04 bits per heavy atom. The number of aromatic amines is 1. The number of hydrogen-bond acceptors (Lipinski definition) is 9. The van der Waals surface area contributed by atoms with Gasteiger partial charge in [-0.05, 0) is 134 Å². The number of H-pyrrole nitrogens is 1. The number of unbranched alkanes of at least 4 members (excludes halogenated alkanes) is 3. The fourth-order valence-corrected chi connectivity index (χ4v) is 25.2. The fourth-order valence-electron chi connectivity index (χ4n) is 13.0. The van der Waals surface area contributed by atoms with Crippen LogP contribution in [0.4, 0.5) is 40.3 Å². The third-order valence-corrected chi connectivity index (χ3v) is 30.4. The van der Waals surface area contributed by atoms with E-state index in [4.69, 9.17) is 5.53 Å². The van der Waals surface area contributed by atoms with E-state index in [1.165, 1.54) is 113 Å². The zero-order valence-electron chi connectivity index (χ0n) is 57.3. The number of carbonyl (C=O) groups excluding carboxylic acids is 2. The number of halogens is 4. The van der Waals surface area contributed by atoms with Crippen molar-refractivity contribution in [2.45, 2.75) is 203 Å². The van der Waals surface area contributed by atoms with Crippen LogP contribution in [0.1, 0.15) is 179 Å². The summed E-state index contributed by atoms with van der Waals surface area (Å²) < 4.78 is 68.8. The minimum absolute atomic E-state index is 0.0866. The van der Waals surface area contributed by atoms with Crippen molar-refractivity contribution in [3.63, 3.8) is 0 Å². The summed E-state index contributed by atoms with van der Waals surface area (Å²) in [6.07, 6.45) is 18.7. The molecule has 0 saturated heterocycles. The molecule has 3 N–H and O–H groups in total. The average molecular weight is 1410 g/mol. The van der Waals surface area contributed by atoms with Crippen molar-refractivity contribution in [2.24, 2.45) is 15.2 Å². The Hall–Kier alpha value is -7.75. The maximum atomic E-state index is 16.1. The number of benzene rings is 6.